The van der Waals surface area contributed by atoms with Crippen molar-refractivity contribution < 1.29 is 33.4 Å². The van der Waals surface area contributed by atoms with Gasteiger partial charge in [0.1, 0.15) is 6.01 Å². The quantitative estimate of drug-likeness (QED) is 0.274. The van der Waals surface area contributed by atoms with Crippen molar-refractivity contribution in [2.24, 2.45) is 34.5 Å². The van der Waals surface area contributed by atoms with Crippen LogP contribution in [-0.2, 0) is 25.5 Å². The van der Waals surface area contributed by atoms with Crippen LogP contribution in [0, 0.1) is 34.5 Å². The van der Waals surface area contributed by atoms with Gasteiger partial charge >= 0.3 is 5.97 Å². The summed E-state index contributed by atoms with van der Waals surface area (Å²) in [6.45, 7) is 5.12. The summed E-state index contributed by atoms with van der Waals surface area (Å²) in [5.74, 6) is -0.567. The smallest absolute Gasteiger partial charge is 0.309 e. The maximum Gasteiger partial charge on any atom is 0.309 e. The number of carbonyl (C=O) groups is 3. The van der Waals surface area contributed by atoms with Crippen molar-refractivity contribution in [1.82, 2.24) is 15.1 Å². The van der Waals surface area contributed by atoms with Crippen molar-refractivity contribution in [3.05, 3.63) is 52.9 Å². The molecule has 5 aliphatic carbocycles. The van der Waals surface area contributed by atoms with Crippen molar-refractivity contribution in [2.75, 3.05) is 26.3 Å². The first kappa shape index (κ1) is 32.5. The van der Waals surface area contributed by atoms with Crippen LogP contribution < -0.4 is 5.32 Å². The number of fused-ring (bicyclic) bond motifs is 6. The van der Waals surface area contributed by atoms with Gasteiger partial charge in [-0.3, -0.25) is 14.4 Å². The molecule has 4 saturated carbocycles. The van der Waals surface area contributed by atoms with Crippen LogP contribution in [0.15, 0.2) is 36.0 Å². The maximum atomic E-state index is 13.7. The second kappa shape index (κ2) is 12.1. The summed E-state index contributed by atoms with van der Waals surface area (Å²) in [5, 5.41) is 19.3. The summed E-state index contributed by atoms with van der Waals surface area (Å²) in [4.78, 5) is 39.4. The minimum Gasteiger partial charge on any atom is -0.449 e. The standard InChI is InChI=1S/C36H44FN3O6S/c1-34-17-23-19-39-40(25-6-4-5-22(15-25)31(42)38-13-14-45-3)28(23)16-24(34)9-10-26-27-11-12-36(33(44)47-20-37,46-32(43)21-7-8-21)35(27,2)18-29(41)30(26)34/h4-6,15-16,19,21,26-27,29-30,41H,7-14,17-18,20H2,1-3H3,(H,38,42)/t26-,27-,29-,30+,34-,35-,36-/m0/s1. The third-order valence-corrected chi connectivity index (χ3v) is 12.9. The maximum absolute atomic E-state index is 13.7. The fraction of sp³-hybridized carbons (Fsp3) is 0.611. The van der Waals surface area contributed by atoms with Crippen LogP contribution in [0.4, 0.5) is 4.39 Å². The number of thioether (sulfide) groups is 1. The molecule has 9 nitrogen and oxygen atoms in total. The highest BCUT2D eigenvalue weighted by atomic mass is 32.2. The van der Waals surface area contributed by atoms with Gasteiger partial charge in [0, 0.05) is 24.6 Å². The van der Waals surface area contributed by atoms with E-state index in [2.05, 4.69) is 18.3 Å². The van der Waals surface area contributed by atoms with Crippen molar-refractivity contribution in [1.29, 1.82) is 0 Å². The highest BCUT2D eigenvalue weighted by molar-refractivity contribution is 8.13. The largest absolute Gasteiger partial charge is 0.449 e. The predicted octanol–water partition coefficient (Wildman–Crippen LogP) is 5.28. The summed E-state index contributed by atoms with van der Waals surface area (Å²) in [5.41, 5.74) is 2.17. The molecule has 252 valence electrons. The first-order valence-electron chi connectivity index (χ1n) is 16.9. The van der Waals surface area contributed by atoms with E-state index in [4.69, 9.17) is 14.6 Å². The lowest BCUT2D eigenvalue weighted by Crippen LogP contribution is -2.62. The number of esters is 1. The highest BCUT2D eigenvalue weighted by Crippen LogP contribution is 2.69. The first-order valence-corrected chi connectivity index (χ1v) is 17.8. The first-order chi connectivity index (χ1) is 22.6. The van der Waals surface area contributed by atoms with Gasteiger partial charge in [-0.1, -0.05) is 25.5 Å². The van der Waals surface area contributed by atoms with E-state index in [1.54, 1.807) is 13.2 Å². The molecule has 1 aromatic heterocycles. The molecule has 0 spiro atoms. The number of allylic oxidation sites excluding steroid dienone is 1. The van der Waals surface area contributed by atoms with E-state index in [1.165, 1.54) is 5.57 Å². The van der Waals surface area contributed by atoms with Gasteiger partial charge in [-0.15, -0.1) is 0 Å². The second-order valence-electron chi connectivity index (χ2n) is 14.7. The minimum atomic E-state index is -1.42. The van der Waals surface area contributed by atoms with E-state index in [-0.39, 0.29) is 41.0 Å². The van der Waals surface area contributed by atoms with Crippen LogP contribution in [0.5, 0.6) is 0 Å². The molecule has 11 heteroatoms. The number of alkyl halides is 1. The number of hydrogen-bond donors (Lipinski definition) is 2. The number of halogens is 1. The number of aromatic nitrogens is 2. The Bertz CT molecular complexity index is 1620. The van der Waals surface area contributed by atoms with Crippen molar-refractivity contribution >= 4 is 34.8 Å². The Morgan fingerprint density at radius 3 is 2.74 bits per heavy atom. The van der Waals surface area contributed by atoms with Crippen molar-refractivity contribution in [3.8, 4) is 5.69 Å². The van der Waals surface area contributed by atoms with Gasteiger partial charge in [-0.05, 0) is 116 Å². The number of carbonyl (C=O) groups excluding carboxylic acids is 3. The number of benzene rings is 1. The van der Waals surface area contributed by atoms with Gasteiger partial charge in [0.15, 0.2) is 5.60 Å². The molecular formula is C36H44FN3O6S. The molecule has 4 fully saturated rings. The van der Waals surface area contributed by atoms with Gasteiger partial charge < -0.3 is 19.9 Å². The number of nitrogens with zero attached hydrogens (tertiary/aromatic N) is 2. The number of aliphatic hydroxyl groups excluding tert-OH is 1. The molecule has 1 heterocycles. The molecule has 2 N–H and O–H groups in total. The SMILES string of the molecule is COCCNC(=O)c1cccc(-n2ncc3c2C=C2CC[C@@H]4[C@H]([C@@H](O)C[C@@]5(C)[C@H]4CC[C@]5(OC(=O)C4CC4)C(=O)SCF)[C@@]2(C)C3)c1. The topological polar surface area (TPSA) is 120 Å². The molecule has 0 unspecified atom stereocenters. The molecule has 0 aliphatic heterocycles. The average Bonchev–Trinajstić information content (AvgIpc) is 3.76. The Morgan fingerprint density at radius 2 is 2.00 bits per heavy atom. The van der Waals surface area contributed by atoms with Crippen LogP contribution >= 0.6 is 11.8 Å². The Balaban J connectivity index is 1.17. The predicted molar refractivity (Wildman–Crippen MR) is 175 cm³/mol. The third kappa shape index (κ3) is 5.19. The zero-order valence-electron chi connectivity index (χ0n) is 27.3. The van der Waals surface area contributed by atoms with Gasteiger partial charge in [0.25, 0.3) is 5.91 Å². The molecule has 0 radical (unpaired) electrons. The Morgan fingerprint density at radius 1 is 1.19 bits per heavy atom. The van der Waals surface area contributed by atoms with E-state index in [0.29, 0.717) is 56.2 Å². The molecule has 2 aromatic rings. The Labute approximate surface area is 279 Å². The third-order valence-electron chi connectivity index (χ3n) is 12.2. The Kier molecular flexibility index (Phi) is 8.40. The summed E-state index contributed by atoms with van der Waals surface area (Å²) >= 11 is 0.593. The zero-order valence-corrected chi connectivity index (χ0v) is 28.1. The molecule has 7 rings (SSSR count). The van der Waals surface area contributed by atoms with E-state index in [1.807, 2.05) is 36.0 Å². The van der Waals surface area contributed by atoms with Crippen LogP contribution in [0.2, 0.25) is 0 Å². The van der Waals surface area contributed by atoms with Gasteiger partial charge in [0.05, 0.1) is 36.2 Å². The fourth-order valence-electron chi connectivity index (χ4n) is 9.81. The van der Waals surface area contributed by atoms with Crippen molar-refractivity contribution in [3.63, 3.8) is 0 Å². The number of ether oxygens (including phenoxy) is 2. The number of rotatable bonds is 9. The van der Waals surface area contributed by atoms with E-state index >= 15 is 0 Å². The second-order valence-corrected chi connectivity index (χ2v) is 15.5. The van der Waals surface area contributed by atoms with Crippen LogP contribution in [-0.4, -0.2) is 69.9 Å². The molecular weight excluding hydrogens is 621 g/mol. The molecule has 7 atom stereocenters. The summed E-state index contributed by atoms with van der Waals surface area (Å²) in [6.07, 6.45) is 8.71. The number of aliphatic hydroxyl groups is 1. The van der Waals surface area contributed by atoms with Crippen LogP contribution in [0.25, 0.3) is 11.8 Å². The number of amides is 1. The van der Waals surface area contributed by atoms with E-state index in [9.17, 15) is 23.9 Å². The molecule has 0 saturated heterocycles. The number of nitrogens with one attached hydrogen (secondary N) is 1. The van der Waals surface area contributed by atoms with Gasteiger partial charge in [0.2, 0.25) is 5.12 Å². The lowest BCUT2D eigenvalue weighted by Gasteiger charge is -2.60. The molecule has 0 bridgehead atoms. The summed E-state index contributed by atoms with van der Waals surface area (Å²) < 4.78 is 26.7. The van der Waals surface area contributed by atoms with Crippen LogP contribution in [0.1, 0.15) is 80.4 Å². The molecule has 47 heavy (non-hydrogen) atoms. The highest BCUT2D eigenvalue weighted by Gasteiger charge is 2.71. The fourth-order valence-corrected chi connectivity index (χ4v) is 10.5. The molecule has 1 aromatic carbocycles. The summed E-state index contributed by atoms with van der Waals surface area (Å²) in [6, 6.07) is 6.56. The van der Waals surface area contributed by atoms with Gasteiger partial charge in [-0.2, -0.15) is 5.10 Å². The van der Waals surface area contributed by atoms with Gasteiger partial charge in [-0.25, -0.2) is 9.07 Å². The lowest BCUT2D eigenvalue weighted by atomic mass is 9.45. The average molecular weight is 666 g/mol. The number of hydrogen-bond acceptors (Lipinski definition) is 8. The Hall–Kier alpha value is -3.02. The summed E-state index contributed by atoms with van der Waals surface area (Å²) in [7, 11) is 1.60. The molecule has 5 aliphatic rings. The van der Waals surface area contributed by atoms with E-state index < -0.39 is 28.2 Å². The van der Waals surface area contributed by atoms with Crippen LogP contribution in [0.3, 0.4) is 0 Å². The minimum absolute atomic E-state index is 0.0462. The normalized spacial score (nSPS) is 33.9. The number of methoxy groups -OCH3 is 1. The van der Waals surface area contributed by atoms with Crippen molar-refractivity contribution in [2.45, 2.75) is 76.9 Å². The lowest BCUT2D eigenvalue weighted by molar-refractivity contribution is -0.197. The molecule has 1 amide bonds. The zero-order chi connectivity index (χ0) is 33.1. The van der Waals surface area contributed by atoms with E-state index in [0.717, 1.165) is 42.6 Å². The monoisotopic (exact) mass is 665 g/mol.